The zero-order valence-corrected chi connectivity index (χ0v) is 7.95. The van der Waals surface area contributed by atoms with Gasteiger partial charge in [0.2, 0.25) is 0 Å². The minimum Gasteiger partial charge on any atom is -0.222 e. The van der Waals surface area contributed by atoms with Crippen LogP contribution in [0.2, 0.25) is 0 Å². The lowest BCUT2D eigenvalue weighted by molar-refractivity contribution is -0.275. The summed E-state index contributed by atoms with van der Waals surface area (Å²) in [5.41, 5.74) is 0. The smallest absolute Gasteiger partial charge is 0.222 e. The zero-order valence-electron chi connectivity index (χ0n) is 6.16. The van der Waals surface area contributed by atoms with Gasteiger partial charge in [-0.15, -0.1) is 25.3 Å². The third-order valence-corrected chi connectivity index (χ3v) is 2.26. The number of halogens is 6. The van der Waals surface area contributed by atoms with Gasteiger partial charge in [-0.25, -0.2) is 14.1 Å². The van der Waals surface area contributed by atoms with Gasteiger partial charge in [0, 0.05) is 0 Å². The lowest BCUT2D eigenvalue weighted by Gasteiger charge is -2.45. The van der Waals surface area contributed by atoms with E-state index in [0.717, 1.165) is 0 Å². The SMILES string of the molecule is FC1(F)NC(F)(F)C(F)(S)NC1(F)S. The third kappa shape index (κ3) is 1.68. The van der Waals surface area contributed by atoms with Crippen LogP contribution in [0.3, 0.4) is 0 Å². The van der Waals surface area contributed by atoms with E-state index >= 15 is 0 Å². The van der Waals surface area contributed by atoms with Crippen LogP contribution in [-0.2, 0) is 0 Å². The minimum absolute atomic E-state index is 0.181. The van der Waals surface area contributed by atoms with Crippen molar-refractivity contribution in [2.75, 3.05) is 0 Å². The van der Waals surface area contributed by atoms with Crippen molar-refractivity contribution >= 4 is 25.3 Å². The van der Waals surface area contributed by atoms with Crippen LogP contribution in [0.1, 0.15) is 0 Å². The Morgan fingerprint density at radius 2 is 0.929 bits per heavy atom. The summed E-state index contributed by atoms with van der Waals surface area (Å²) in [5.74, 6) is 0. The maximum absolute atomic E-state index is 12.8. The molecular formula is C4H4F6N2S2. The highest BCUT2D eigenvalue weighted by Gasteiger charge is 2.72. The Balaban J connectivity index is 3.07. The van der Waals surface area contributed by atoms with Crippen LogP contribution in [0.5, 0.6) is 0 Å². The van der Waals surface area contributed by atoms with Crippen molar-refractivity contribution in [1.29, 1.82) is 0 Å². The van der Waals surface area contributed by atoms with Gasteiger partial charge >= 0.3 is 12.1 Å². The Morgan fingerprint density at radius 1 is 0.643 bits per heavy atom. The van der Waals surface area contributed by atoms with E-state index in [9.17, 15) is 26.3 Å². The summed E-state index contributed by atoms with van der Waals surface area (Å²) in [7, 11) is 0. The minimum atomic E-state index is -4.74. The lowest BCUT2D eigenvalue weighted by Crippen LogP contribution is -2.78. The predicted molar refractivity (Wildman–Crippen MR) is 41.8 cm³/mol. The summed E-state index contributed by atoms with van der Waals surface area (Å²) < 4.78 is 75.7. The van der Waals surface area contributed by atoms with E-state index in [2.05, 4.69) is 25.3 Å². The van der Waals surface area contributed by atoms with E-state index in [4.69, 9.17) is 0 Å². The Kier molecular flexibility index (Phi) is 2.51. The van der Waals surface area contributed by atoms with Crippen LogP contribution in [0.4, 0.5) is 26.3 Å². The monoisotopic (exact) mass is 258 g/mol. The van der Waals surface area contributed by atoms with Gasteiger partial charge in [0.05, 0.1) is 0 Å². The quantitative estimate of drug-likeness (QED) is 0.300. The van der Waals surface area contributed by atoms with E-state index in [1.807, 2.05) is 0 Å². The van der Waals surface area contributed by atoms with E-state index in [1.54, 1.807) is 0 Å². The predicted octanol–water partition coefficient (Wildman–Crippen LogP) is 1.47. The number of hydrogen-bond acceptors (Lipinski definition) is 4. The Morgan fingerprint density at radius 3 is 1.14 bits per heavy atom. The largest absolute Gasteiger partial charge is 0.363 e. The third-order valence-electron chi connectivity index (χ3n) is 1.48. The molecule has 0 amide bonds. The normalized spacial score (nSPS) is 46.3. The molecular weight excluding hydrogens is 254 g/mol. The number of alkyl halides is 6. The molecule has 0 aromatic carbocycles. The molecule has 0 aromatic rings. The topological polar surface area (TPSA) is 24.1 Å². The summed E-state index contributed by atoms with van der Waals surface area (Å²) in [6, 6.07) is -9.48. The molecule has 14 heavy (non-hydrogen) atoms. The molecule has 2 nitrogen and oxygen atoms in total. The number of rotatable bonds is 0. The van der Waals surface area contributed by atoms with Gasteiger partial charge in [0.1, 0.15) is 0 Å². The van der Waals surface area contributed by atoms with Crippen molar-refractivity contribution in [3.05, 3.63) is 0 Å². The van der Waals surface area contributed by atoms with Crippen molar-refractivity contribution in [2.45, 2.75) is 22.3 Å². The second kappa shape index (κ2) is 2.86. The van der Waals surface area contributed by atoms with Gasteiger partial charge < -0.3 is 0 Å². The van der Waals surface area contributed by atoms with Crippen LogP contribution in [-0.4, -0.2) is 22.3 Å². The fourth-order valence-corrected chi connectivity index (χ4v) is 1.25. The Labute approximate surface area is 85.2 Å². The molecule has 84 valence electrons. The van der Waals surface area contributed by atoms with Gasteiger partial charge in [-0.05, 0) is 0 Å². The van der Waals surface area contributed by atoms with Crippen LogP contribution in [0, 0.1) is 0 Å². The molecule has 0 aromatic heterocycles. The second-order valence-electron chi connectivity index (χ2n) is 2.64. The fraction of sp³-hybridized carbons (Fsp3) is 1.00. The molecule has 10 heteroatoms. The molecule has 1 heterocycles. The molecule has 2 atom stereocenters. The van der Waals surface area contributed by atoms with Crippen LogP contribution < -0.4 is 10.6 Å². The Bertz CT molecular complexity index is 204. The average Bonchev–Trinajstić information content (AvgIpc) is 1.78. The molecule has 0 spiro atoms. The molecule has 0 saturated carbocycles. The maximum Gasteiger partial charge on any atom is 0.363 e. The molecule has 1 aliphatic rings. The molecule has 1 saturated heterocycles. The summed E-state index contributed by atoms with van der Waals surface area (Å²) in [4.78, 5) is 0. The van der Waals surface area contributed by atoms with Gasteiger partial charge in [0.15, 0.2) is 0 Å². The molecule has 1 aliphatic heterocycles. The van der Waals surface area contributed by atoms with Gasteiger partial charge in [-0.3, -0.25) is 0 Å². The van der Waals surface area contributed by atoms with Gasteiger partial charge in [-0.2, -0.15) is 22.9 Å². The Hall–Kier alpha value is 0.200. The first-order valence-electron chi connectivity index (χ1n) is 3.08. The number of hydrogen-bond donors (Lipinski definition) is 4. The first-order valence-corrected chi connectivity index (χ1v) is 3.98. The lowest BCUT2D eigenvalue weighted by atomic mass is 10.3. The average molecular weight is 258 g/mol. The standard InChI is InChI=1S/C4H4F6N2S2/c5-1(6)3(9,13)12-4(10,14)2(7,8)11-1/h11-14H. The summed E-state index contributed by atoms with van der Waals surface area (Å²) in [6.45, 7) is 0. The van der Waals surface area contributed by atoms with E-state index in [-0.39, 0.29) is 5.32 Å². The summed E-state index contributed by atoms with van der Waals surface area (Å²) >= 11 is 5.35. The highest BCUT2D eigenvalue weighted by Crippen LogP contribution is 2.46. The second-order valence-corrected chi connectivity index (χ2v) is 3.88. The molecule has 2 unspecified atom stereocenters. The van der Waals surface area contributed by atoms with Crippen molar-refractivity contribution in [2.24, 2.45) is 0 Å². The maximum atomic E-state index is 12.8. The molecule has 2 N–H and O–H groups in total. The zero-order chi connectivity index (χ0) is 11.4. The highest BCUT2D eigenvalue weighted by atomic mass is 32.1. The first-order chi connectivity index (χ1) is 5.91. The van der Waals surface area contributed by atoms with Crippen LogP contribution in [0.15, 0.2) is 0 Å². The van der Waals surface area contributed by atoms with Crippen molar-refractivity contribution in [3.8, 4) is 0 Å². The number of thiol groups is 2. The van der Waals surface area contributed by atoms with E-state index < -0.39 is 22.3 Å². The highest BCUT2D eigenvalue weighted by molar-refractivity contribution is 7.82. The van der Waals surface area contributed by atoms with Crippen molar-refractivity contribution in [3.63, 3.8) is 0 Å². The summed E-state index contributed by atoms with van der Waals surface area (Å²) in [6.07, 6.45) is 0. The van der Waals surface area contributed by atoms with Gasteiger partial charge in [0.25, 0.3) is 10.2 Å². The van der Waals surface area contributed by atoms with Crippen LogP contribution in [0.25, 0.3) is 0 Å². The van der Waals surface area contributed by atoms with Crippen molar-refractivity contribution < 1.29 is 26.3 Å². The van der Waals surface area contributed by atoms with E-state index in [0.29, 0.717) is 5.32 Å². The fourth-order valence-electron chi connectivity index (χ4n) is 0.739. The van der Waals surface area contributed by atoms with Gasteiger partial charge in [-0.1, -0.05) is 0 Å². The molecule has 0 aliphatic carbocycles. The van der Waals surface area contributed by atoms with Crippen LogP contribution >= 0.6 is 25.3 Å². The summed E-state index contributed by atoms with van der Waals surface area (Å²) in [5, 5.41) is -7.11. The molecule has 0 radical (unpaired) electrons. The molecule has 1 rings (SSSR count). The molecule has 1 fully saturated rings. The van der Waals surface area contributed by atoms with Crippen molar-refractivity contribution in [1.82, 2.24) is 10.6 Å². The first kappa shape index (κ1) is 12.3. The number of piperazine rings is 1. The molecule has 0 bridgehead atoms. The van der Waals surface area contributed by atoms with E-state index in [1.165, 1.54) is 0 Å². The number of nitrogens with one attached hydrogen (secondary N) is 2.